The van der Waals surface area contributed by atoms with Gasteiger partial charge in [0.1, 0.15) is 5.82 Å². The molecule has 0 fully saturated rings. The second-order valence-electron chi connectivity index (χ2n) is 5.96. The van der Waals surface area contributed by atoms with Gasteiger partial charge >= 0.3 is 0 Å². The average Bonchev–Trinajstić information content (AvgIpc) is 3.02. The average molecular weight is 385 g/mol. The molecule has 3 rings (SSSR count). The van der Waals surface area contributed by atoms with E-state index in [0.717, 1.165) is 35.0 Å². The van der Waals surface area contributed by atoms with Gasteiger partial charge in [-0.15, -0.1) is 10.2 Å². The quantitative estimate of drug-likeness (QED) is 0.502. The van der Waals surface area contributed by atoms with Crippen molar-refractivity contribution < 1.29 is 9.18 Å². The molecule has 0 saturated heterocycles. The third kappa shape index (κ3) is 4.11. The summed E-state index contributed by atoms with van der Waals surface area (Å²) in [6.07, 6.45) is 0.827. The summed E-state index contributed by atoms with van der Waals surface area (Å²) < 4.78 is 15.1. The number of hydrogen-bond donors (Lipinski definition) is 2. The molecule has 0 saturated carbocycles. The molecule has 1 aromatic heterocycles. The molecule has 0 aliphatic rings. The Hall–Kier alpha value is -2.87. The first-order valence-corrected chi connectivity index (χ1v) is 9.46. The van der Waals surface area contributed by atoms with Crippen LogP contribution >= 0.6 is 11.8 Å². The van der Waals surface area contributed by atoms with E-state index in [1.54, 1.807) is 18.2 Å². The van der Waals surface area contributed by atoms with Crippen LogP contribution in [0.15, 0.2) is 47.6 Å². The number of nitrogens with zero attached hydrogens (tertiary/aromatic N) is 3. The molecule has 2 aromatic carbocycles. The molecule has 0 bridgehead atoms. The molecule has 27 heavy (non-hydrogen) atoms. The van der Waals surface area contributed by atoms with Crippen LogP contribution in [0.4, 0.5) is 10.1 Å². The normalized spacial score (nSPS) is 10.8. The van der Waals surface area contributed by atoms with E-state index in [-0.39, 0.29) is 23.0 Å². The number of carbonyl (C=O) groups is 1. The predicted octanol–water partition coefficient (Wildman–Crippen LogP) is 3.40. The summed E-state index contributed by atoms with van der Waals surface area (Å²) in [7, 11) is 0. The summed E-state index contributed by atoms with van der Waals surface area (Å²) in [6.45, 7) is 4.00. The minimum atomic E-state index is -0.433. The number of amides is 1. The van der Waals surface area contributed by atoms with E-state index in [4.69, 9.17) is 5.84 Å². The topological polar surface area (TPSA) is 85.8 Å². The summed E-state index contributed by atoms with van der Waals surface area (Å²) in [4.78, 5) is 12.4. The Kier molecular flexibility index (Phi) is 5.75. The number of nitrogens with two attached hydrogens (primary N) is 1. The van der Waals surface area contributed by atoms with Crippen molar-refractivity contribution in [2.45, 2.75) is 25.4 Å². The minimum Gasteiger partial charge on any atom is -0.335 e. The molecule has 0 atom stereocenters. The highest BCUT2D eigenvalue weighted by Crippen LogP contribution is 2.25. The largest absolute Gasteiger partial charge is 0.335 e. The standard InChI is InChI=1S/C19H20FN5OS/c1-3-13-8-6-7-12(2)17(13)22-16(26)11-27-19-24-23-18(25(19)21)14-9-4-5-10-15(14)20/h4-10H,3,11,21H2,1-2H3,(H,22,26). The Bertz CT molecular complexity index is 972. The molecule has 0 aliphatic carbocycles. The highest BCUT2D eigenvalue weighted by molar-refractivity contribution is 7.99. The van der Waals surface area contributed by atoms with Crippen molar-refractivity contribution in [3.8, 4) is 11.4 Å². The SMILES string of the molecule is CCc1cccc(C)c1NC(=O)CSc1nnc(-c2ccccc2F)n1N. The van der Waals surface area contributed by atoms with E-state index >= 15 is 0 Å². The van der Waals surface area contributed by atoms with Crippen LogP contribution in [-0.4, -0.2) is 26.5 Å². The molecule has 8 heteroatoms. The third-order valence-corrected chi connectivity index (χ3v) is 5.06. The summed E-state index contributed by atoms with van der Waals surface area (Å²) in [5, 5.41) is 11.2. The lowest BCUT2D eigenvalue weighted by Gasteiger charge is -2.12. The first-order chi connectivity index (χ1) is 13.0. The van der Waals surface area contributed by atoms with Gasteiger partial charge in [-0.05, 0) is 36.6 Å². The molecule has 0 spiro atoms. The van der Waals surface area contributed by atoms with E-state index < -0.39 is 5.82 Å². The Labute approximate surface area is 161 Å². The highest BCUT2D eigenvalue weighted by Gasteiger charge is 2.17. The summed E-state index contributed by atoms with van der Waals surface area (Å²) >= 11 is 1.14. The lowest BCUT2D eigenvalue weighted by molar-refractivity contribution is -0.113. The fraction of sp³-hybridized carbons (Fsp3) is 0.211. The van der Waals surface area contributed by atoms with Crippen LogP contribution in [0, 0.1) is 12.7 Å². The summed E-state index contributed by atoms with van der Waals surface area (Å²) in [5.41, 5.74) is 3.19. The van der Waals surface area contributed by atoms with Crippen molar-refractivity contribution >= 4 is 23.4 Å². The van der Waals surface area contributed by atoms with Crippen LogP contribution in [0.2, 0.25) is 0 Å². The fourth-order valence-electron chi connectivity index (χ4n) is 2.71. The summed E-state index contributed by atoms with van der Waals surface area (Å²) in [5.74, 6) is 5.71. The zero-order valence-corrected chi connectivity index (χ0v) is 15.9. The summed E-state index contributed by atoms with van der Waals surface area (Å²) in [6, 6.07) is 12.1. The number of carbonyl (C=O) groups excluding carboxylic acids is 1. The fourth-order valence-corrected chi connectivity index (χ4v) is 3.37. The molecule has 0 radical (unpaired) electrons. The van der Waals surface area contributed by atoms with Gasteiger partial charge in [0.25, 0.3) is 0 Å². The predicted molar refractivity (Wildman–Crippen MR) is 105 cm³/mol. The number of para-hydroxylation sites is 1. The number of thioether (sulfide) groups is 1. The van der Waals surface area contributed by atoms with Gasteiger partial charge in [-0.2, -0.15) is 0 Å². The number of benzene rings is 2. The highest BCUT2D eigenvalue weighted by atomic mass is 32.2. The molecule has 140 valence electrons. The van der Waals surface area contributed by atoms with Crippen LogP contribution < -0.4 is 11.2 Å². The smallest absolute Gasteiger partial charge is 0.234 e. The number of halogens is 1. The van der Waals surface area contributed by atoms with Crippen molar-refractivity contribution in [1.82, 2.24) is 14.9 Å². The maximum Gasteiger partial charge on any atom is 0.234 e. The number of nitrogen functional groups attached to an aromatic ring is 1. The van der Waals surface area contributed by atoms with Gasteiger partial charge in [0, 0.05) is 5.69 Å². The van der Waals surface area contributed by atoms with E-state index in [1.807, 2.05) is 32.0 Å². The van der Waals surface area contributed by atoms with Crippen LogP contribution in [-0.2, 0) is 11.2 Å². The third-order valence-electron chi connectivity index (χ3n) is 4.12. The second-order valence-corrected chi connectivity index (χ2v) is 6.90. The van der Waals surface area contributed by atoms with Crippen molar-refractivity contribution in [1.29, 1.82) is 0 Å². The van der Waals surface area contributed by atoms with Crippen LogP contribution in [0.3, 0.4) is 0 Å². The van der Waals surface area contributed by atoms with Gasteiger partial charge < -0.3 is 11.2 Å². The van der Waals surface area contributed by atoms with E-state index in [2.05, 4.69) is 15.5 Å². The Morgan fingerprint density at radius 2 is 2.00 bits per heavy atom. The minimum absolute atomic E-state index is 0.115. The van der Waals surface area contributed by atoms with Gasteiger partial charge in [-0.3, -0.25) is 4.79 Å². The van der Waals surface area contributed by atoms with Crippen molar-refractivity contribution in [2.75, 3.05) is 16.9 Å². The van der Waals surface area contributed by atoms with E-state index in [0.29, 0.717) is 5.16 Å². The molecule has 6 nitrogen and oxygen atoms in total. The Morgan fingerprint density at radius 3 is 2.74 bits per heavy atom. The van der Waals surface area contributed by atoms with Gasteiger partial charge in [-0.25, -0.2) is 9.07 Å². The van der Waals surface area contributed by atoms with Gasteiger partial charge in [0.15, 0.2) is 5.82 Å². The Morgan fingerprint density at radius 1 is 1.22 bits per heavy atom. The lowest BCUT2D eigenvalue weighted by Crippen LogP contribution is -2.18. The number of anilines is 1. The van der Waals surface area contributed by atoms with E-state index in [9.17, 15) is 9.18 Å². The molecule has 0 aliphatic heterocycles. The first-order valence-electron chi connectivity index (χ1n) is 8.47. The molecule has 0 unspecified atom stereocenters. The van der Waals surface area contributed by atoms with E-state index in [1.165, 1.54) is 10.7 Å². The van der Waals surface area contributed by atoms with Crippen molar-refractivity contribution in [3.63, 3.8) is 0 Å². The maximum absolute atomic E-state index is 13.9. The lowest BCUT2D eigenvalue weighted by atomic mass is 10.1. The zero-order chi connectivity index (χ0) is 19.4. The van der Waals surface area contributed by atoms with Gasteiger partial charge in [-0.1, -0.05) is 49.0 Å². The number of aromatic nitrogens is 3. The van der Waals surface area contributed by atoms with Gasteiger partial charge in [0.2, 0.25) is 11.1 Å². The van der Waals surface area contributed by atoms with Crippen LogP contribution in [0.1, 0.15) is 18.1 Å². The van der Waals surface area contributed by atoms with Crippen LogP contribution in [0.25, 0.3) is 11.4 Å². The zero-order valence-electron chi connectivity index (χ0n) is 15.1. The van der Waals surface area contributed by atoms with Crippen molar-refractivity contribution in [3.05, 3.63) is 59.4 Å². The number of hydrogen-bond acceptors (Lipinski definition) is 5. The molecular formula is C19H20FN5OS. The second kappa shape index (κ2) is 8.22. The number of aryl methyl sites for hydroxylation is 2. The Balaban J connectivity index is 1.70. The number of rotatable bonds is 6. The first kappa shape index (κ1) is 18.9. The number of nitrogens with one attached hydrogen (secondary N) is 1. The molecule has 3 aromatic rings. The monoisotopic (exact) mass is 385 g/mol. The molecule has 1 amide bonds. The molecular weight excluding hydrogens is 365 g/mol. The van der Waals surface area contributed by atoms with Gasteiger partial charge in [0.05, 0.1) is 11.3 Å². The van der Waals surface area contributed by atoms with Crippen LogP contribution in [0.5, 0.6) is 0 Å². The van der Waals surface area contributed by atoms with Crippen molar-refractivity contribution in [2.24, 2.45) is 0 Å². The maximum atomic E-state index is 13.9. The molecule has 1 heterocycles. The molecule has 3 N–H and O–H groups in total.